The third kappa shape index (κ3) is 6.24. The Hall–Kier alpha value is -4.52. The van der Waals surface area contributed by atoms with Crippen LogP contribution in [-0.4, -0.2) is 54.9 Å². The van der Waals surface area contributed by atoms with Crippen LogP contribution in [0.15, 0.2) is 64.1 Å². The summed E-state index contributed by atoms with van der Waals surface area (Å²) in [4.78, 5) is 32.8. The van der Waals surface area contributed by atoms with Gasteiger partial charge in [-0.15, -0.1) is 9.78 Å². The first-order valence-electron chi connectivity index (χ1n) is 11.4. The maximum absolute atomic E-state index is 12.7. The number of hydrogen-bond acceptors (Lipinski definition) is 8. The van der Waals surface area contributed by atoms with Gasteiger partial charge in [0.25, 0.3) is 11.9 Å². The number of carboxylic acid groups (broad SMARTS) is 1. The molecule has 5 rings (SSSR count). The van der Waals surface area contributed by atoms with E-state index >= 15 is 0 Å². The highest BCUT2D eigenvalue weighted by molar-refractivity contribution is 9.10. The summed E-state index contributed by atoms with van der Waals surface area (Å²) >= 11 is 3.58. The van der Waals surface area contributed by atoms with Gasteiger partial charge in [-0.05, 0) is 51.7 Å². The van der Waals surface area contributed by atoms with Gasteiger partial charge in [0.1, 0.15) is 24.9 Å². The third-order valence-electron chi connectivity index (χ3n) is 5.43. The molecule has 0 saturated carbocycles. The quantitative estimate of drug-likeness (QED) is 0.196. The molecular formula is C25H24BrN7O5. The average molecular weight is 582 g/mol. The number of carboxylic acids is 1. The zero-order valence-electron chi connectivity index (χ0n) is 20.2. The van der Waals surface area contributed by atoms with Crippen molar-refractivity contribution in [3.8, 4) is 17.4 Å². The van der Waals surface area contributed by atoms with Gasteiger partial charge < -0.3 is 20.3 Å². The standard InChI is InChI=1S/C23H20BrN7O3.C2H4O2/c24-17-11-15(12-18-19(17)34-9-8-33-18)16(10-13-2-4-14(5-3-13)20(25)26)21-29-23(32)31(30-21)22-27-6-1-7-28-22;1-2(3)4/h1-7,11-12,16H,8-10H2,(H3,25,26)(H,29,30,32);1H3,(H,3,4). The number of rotatable bonds is 6. The number of carbonyl (C=O) groups is 1. The molecule has 0 amide bonds. The molecule has 0 bridgehead atoms. The van der Waals surface area contributed by atoms with E-state index in [4.69, 9.17) is 30.5 Å². The fraction of sp³-hybridized carbons (Fsp3) is 0.200. The van der Waals surface area contributed by atoms with Crippen LogP contribution in [0.1, 0.15) is 35.4 Å². The monoisotopic (exact) mass is 581 g/mol. The molecule has 1 aliphatic heterocycles. The first kappa shape index (κ1) is 26.5. The van der Waals surface area contributed by atoms with Crippen molar-refractivity contribution in [2.24, 2.45) is 5.73 Å². The summed E-state index contributed by atoms with van der Waals surface area (Å²) < 4.78 is 13.4. The van der Waals surface area contributed by atoms with Gasteiger partial charge in [0, 0.05) is 30.8 Å². The summed E-state index contributed by atoms with van der Waals surface area (Å²) in [5.41, 5.74) is 7.65. The molecule has 0 aliphatic carbocycles. The first-order valence-corrected chi connectivity index (χ1v) is 12.2. The number of nitrogens with two attached hydrogens (primary N) is 1. The summed E-state index contributed by atoms with van der Waals surface area (Å²) in [6.45, 7) is 2.02. The van der Waals surface area contributed by atoms with E-state index in [1.165, 1.54) is 0 Å². The van der Waals surface area contributed by atoms with Crippen LogP contribution in [0.2, 0.25) is 0 Å². The maximum atomic E-state index is 12.7. The number of fused-ring (bicyclic) bond motifs is 1. The van der Waals surface area contributed by atoms with Crippen molar-refractivity contribution in [2.75, 3.05) is 13.2 Å². The predicted molar refractivity (Wildman–Crippen MR) is 141 cm³/mol. The number of H-pyrrole nitrogens is 1. The Bertz CT molecular complexity index is 1500. The molecule has 2 aromatic carbocycles. The zero-order chi connectivity index (χ0) is 27.2. The van der Waals surface area contributed by atoms with Gasteiger partial charge in [0.05, 0.1) is 4.47 Å². The molecule has 0 saturated heterocycles. The fourth-order valence-corrected chi connectivity index (χ4v) is 4.37. The van der Waals surface area contributed by atoms with Crippen molar-refractivity contribution < 1.29 is 19.4 Å². The first-order chi connectivity index (χ1) is 18.2. The van der Waals surface area contributed by atoms with Crippen LogP contribution in [0, 0.1) is 5.41 Å². The van der Waals surface area contributed by atoms with E-state index in [2.05, 4.69) is 36.0 Å². The molecule has 2 aromatic heterocycles. The number of benzene rings is 2. The smallest absolute Gasteiger partial charge is 0.350 e. The van der Waals surface area contributed by atoms with Crippen LogP contribution in [0.4, 0.5) is 0 Å². The van der Waals surface area contributed by atoms with Gasteiger partial charge >= 0.3 is 5.69 Å². The molecule has 1 unspecified atom stereocenters. The summed E-state index contributed by atoms with van der Waals surface area (Å²) in [6, 6.07) is 12.9. The number of halogens is 1. The number of aliphatic carboxylic acids is 1. The Morgan fingerprint density at radius 1 is 1.21 bits per heavy atom. The minimum atomic E-state index is -0.833. The van der Waals surface area contributed by atoms with Crippen molar-refractivity contribution in [3.63, 3.8) is 0 Å². The molecule has 196 valence electrons. The number of nitrogens with zero attached hydrogens (tertiary/aromatic N) is 4. The molecule has 1 aliphatic rings. The highest BCUT2D eigenvalue weighted by Gasteiger charge is 2.25. The minimum Gasteiger partial charge on any atom is -0.486 e. The predicted octanol–water partition coefficient (Wildman–Crippen LogP) is 2.63. The fourth-order valence-electron chi connectivity index (χ4n) is 3.79. The zero-order valence-corrected chi connectivity index (χ0v) is 21.8. The molecule has 4 aromatic rings. The van der Waals surface area contributed by atoms with Crippen molar-refractivity contribution in [1.29, 1.82) is 5.41 Å². The van der Waals surface area contributed by atoms with Crippen molar-refractivity contribution in [1.82, 2.24) is 24.7 Å². The van der Waals surface area contributed by atoms with Crippen LogP contribution >= 0.6 is 15.9 Å². The summed E-state index contributed by atoms with van der Waals surface area (Å²) in [6.07, 6.45) is 3.62. The largest absolute Gasteiger partial charge is 0.486 e. The Morgan fingerprint density at radius 3 is 2.53 bits per heavy atom. The average Bonchev–Trinajstić information content (AvgIpc) is 3.29. The van der Waals surface area contributed by atoms with Crippen molar-refractivity contribution in [2.45, 2.75) is 19.3 Å². The normalized spacial score (nSPS) is 12.7. The number of hydrogen-bond donors (Lipinski definition) is 4. The van der Waals surface area contributed by atoms with E-state index in [0.29, 0.717) is 42.5 Å². The van der Waals surface area contributed by atoms with Gasteiger partial charge in [-0.25, -0.2) is 14.8 Å². The molecule has 0 fully saturated rings. The third-order valence-corrected chi connectivity index (χ3v) is 6.02. The summed E-state index contributed by atoms with van der Waals surface area (Å²) in [7, 11) is 0. The van der Waals surface area contributed by atoms with Gasteiger partial charge in [-0.2, -0.15) is 0 Å². The number of aromatic nitrogens is 5. The van der Waals surface area contributed by atoms with Gasteiger partial charge in [-0.3, -0.25) is 15.2 Å². The van der Waals surface area contributed by atoms with Crippen LogP contribution in [-0.2, 0) is 11.2 Å². The molecule has 13 heteroatoms. The summed E-state index contributed by atoms with van der Waals surface area (Å²) in [5.74, 6) is 0.759. The molecule has 0 spiro atoms. The number of ether oxygens (including phenoxy) is 2. The van der Waals surface area contributed by atoms with E-state index in [1.807, 2.05) is 24.3 Å². The molecule has 38 heavy (non-hydrogen) atoms. The molecule has 5 N–H and O–H groups in total. The van der Waals surface area contributed by atoms with E-state index in [9.17, 15) is 4.79 Å². The van der Waals surface area contributed by atoms with Crippen LogP contribution in [0.5, 0.6) is 11.5 Å². The molecular weight excluding hydrogens is 558 g/mol. The number of nitrogen functional groups attached to an aromatic ring is 1. The SMILES string of the molecule is CC(=O)O.N=C(N)c1ccc(CC(c2cc(Br)c3c(c2)OCCO3)c2nn(-c3ncccn3)c(=O)[nH]2)cc1. The van der Waals surface area contributed by atoms with E-state index < -0.39 is 11.7 Å². The Labute approximate surface area is 225 Å². The van der Waals surface area contributed by atoms with Crippen LogP contribution in [0.25, 0.3) is 5.95 Å². The van der Waals surface area contributed by atoms with Gasteiger partial charge in [0.15, 0.2) is 11.5 Å². The lowest BCUT2D eigenvalue weighted by Crippen LogP contribution is -2.18. The van der Waals surface area contributed by atoms with E-state index in [-0.39, 0.29) is 17.7 Å². The minimum absolute atomic E-state index is 0.00445. The van der Waals surface area contributed by atoms with Gasteiger partial charge in [-0.1, -0.05) is 24.3 Å². The number of nitrogens with one attached hydrogen (secondary N) is 2. The maximum Gasteiger partial charge on any atom is 0.350 e. The lowest BCUT2D eigenvalue weighted by molar-refractivity contribution is -0.134. The second-order valence-corrected chi connectivity index (χ2v) is 9.04. The molecule has 3 heterocycles. The van der Waals surface area contributed by atoms with E-state index in [0.717, 1.165) is 27.2 Å². The lowest BCUT2D eigenvalue weighted by atomic mass is 9.90. The second kappa shape index (κ2) is 11.7. The van der Waals surface area contributed by atoms with E-state index in [1.54, 1.807) is 30.6 Å². The Morgan fingerprint density at radius 2 is 1.87 bits per heavy atom. The Balaban J connectivity index is 0.000000786. The highest BCUT2D eigenvalue weighted by Crippen LogP contribution is 2.41. The molecule has 1 atom stereocenters. The van der Waals surface area contributed by atoms with Crippen LogP contribution in [0.3, 0.4) is 0 Å². The topological polar surface area (TPSA) is 182 Å². The lowest BCUT2D eigenvalue weighted by Gasteiger charge is -2.23. The summed E-state index contributed by atoms with van der Waals surface area (Å²) in [5, 5.41) is 19.6. The second-order valence-electron chi connectivity index (χ2n) is 8.19. The van der Waals surface area contributed by atoms with Gasteiger partial charge in [0.2, 0.25) is 0 Å². The molecule has 0 radical (unpaired) electrons. The molecule has 12 nitrogen and oxygen atoms in total. The van der Waals surface area contributed by atoms with Crippen LogP contribution < -0.4 is 20.9 Å². The van der Waals surface area contributed by atoms with Crippen molar-refractivity contribution >= 4 is 27.7 Å². The number of amidine groups is 1. The Kier molecular flexibility index (Phi) is 8.16. The highest BCUT2D eigenvalue weighted by atomic mass is 79.9. The van der Waals surface area contributed by atoms with Crippen molar-refractivity contribution in [3.05, 3.63) is 92.3 Å². The number of aromatic amines is 1.